The van der Waals surface area contributed by atoms with Gasteiger partial charge in [0.05, 0.1) is 0 Å². The van der Waals surface area contributed by atoms with Gasteiger partial charge < -0.3 is 15.7 Å². The van der Waals surface area contributed by atoms with E-state index < -0.39 is 0 Å². The second kappa shape index (κ2) is 8.43. The van der Waals surface area contributed by atoms with E-state index in [0.717, 1.165) is 25.3 Å². The van der Waals surface area contributed by atoms with Crippen LogP contribution < -0.4 is 10.5 Å². The van der Waals surface area contributed by atoms with Gasteiger partial charge in [0.15, 0.2) is 5.84 Å². The lowest BCUT2D eigenvalue weighted by atomic mass is 10.2. The van der Waals surface area contributed by atoms with Crippen LogP contribution in [-0.2, 0) is 0 Å². The van der Waals surface area contributed by atoms with Crippen LogP contribution >= 0.6 is 0 Å². The fourth-order valence-electron chi connectivity index (χ4n) is 2.01. The number of rotatable bonds is 8. The van der Waals surface area contributed by atoms with E-state index >= 15 is 0 Å². The fraction of sp³-hybridized carbons (Fsp3) is 0.533. The van der Waals surface area contributed by atoms with Crippen LogP contribution in [0.25, 0.3) is 0 Å². The Balaban J connectivity index is 2.46. The highest BCUT2D eigenvalue weighted by Gasteiger charge is 2.09. The fourth-order valence-corrected chi connectivity index (χ4v) is 2.01. The minimum Gasteiger partial charge on any atom is -0.492 e. The molecule has 20 heavy (non-hydrogen) atoms. The summed E-state index contributed by atoms with van der Waals surface area (Å²) in [4.78, 5) is 2.39. The normalized spacial score (nSPS) is 13.5. The van der Waals surface area contributed by atoms with Gasteiger partial charge in [-0.25, -0.2) is 0 Å². The number of oxime groups is 1. The van der Waals surface area contributed by atoms with E-state index in [2.05, 4.69) is 30.8 Å². The monoisotopic (exact) mass is 279 g/mol. The zero-order valence-electron chi connectivity index (χ0n) is 12.5. The average Bonchev–Trinajstić information content (AvgIpc) is 2.50. The van der Waals surface area contributed by atoms with E-state index in [0.29, 0.717) is 18.2 Å². The predicted molar refractivity (Wildman–Crippen MR) is 81.4 cm³/mol. The first-order valence-corrected chi connectivity index (χ1v) is 7.07. The molecule has 5 heteroatoms. The van der Waals surface area contributed by atoms with Crippen LogP contribution in [0.2, 0.25) is 0 Å². The van der Waals surface area contributed by atoms with Gasteiger partial charge in [-0.15, -0.1) is 0 Å². The Morgan fingerprint density at radius 3 is 2.50 bits per heavy atom. The molecule has 112 valence electrons. The zero-order valence-corrected chi connectivity index (χ0v) is 12.5. The molecule has 1 atom stereocenters. The molecule has 0 saturated heterocycles. The van der Waals surface area contributed by atoms with Gasteiger partial charge in [-0.1, -0.05) is 19.0 Å². The average molecular weight is 279 g/mol. The topological polar surface area (TPSA) is 71.1 Å². The van der Waals surface area contributed by atoms with Crippen molar-refractivity contribution in [2.24, 2.45) is 10.9 Å². The minimum atomic E-state index is 0.102. The van der Waals surface area contributed by atoms with Crippen molar-refractivity contribution in [2.45, 2.75) is 33.2 Å². The summed E-state index contributed by atoms with van der Waals surface area (Å²) in [6.45, 7) is 9.18. The van der Waals surface area contributed by atoms with E-state index in [1.807, 2.05) is 12.1 Å². The molecule has 1 rings (SSSR count). The standard InChI is InChI=1S/C15H25N3O2/c1-4-12(3)18(5-2)10-11-20-14-8-6-13(7-9-14)15(16)17-19/h6-9,12,19H,4-5,10-11H2,1-3H3,(H2,16,17). The Morgan fingerprint density at radius 2 is 2.00 bits per heavy atom. The van der Waals surface area contributed by atoms with Crippen LogP contribution in [0, 0.1) is 0 Å². The van der Waals surface area contributed by atoms with Crippen molar-refractivity contribution in [3.05, 3.63) is 29.8 Å². The molecule has 1 aromatic carbocycles. The SMILES string of the molecule is CCC(C)N(CC)CCOc1ccc(C(N)=NO)cc1. The maximum atomic E-state index is 8.59. The third-order valence-corrected chi connectivity index (χ3v) is 3.53. The van der Waals surface area contributed by atoms with Gasteiger partial charge in [0.25, 0.3) is 0 Å². The van der Waals surface area contributed by atoms with Gasteiger partial charge in [0.1, 0.15) is 12.4 Å². The van der Waals surface area contributed by atoms with E-state index in [9.17, 15) is 0 Å². The number of likely N-dealkylation sites (N-methyl/N-ethyl adjacent to an activating group) is 1. The smallest absolute Gasteiger partial charge is 0.170 e. The molecule has 0 radical (unpaired) electrons. The number of hydrogen-bond donors (Lipinski definition) is 2. The van der Waals surface area contributed by atoms with Crippen molar-refractivity contribution in [2.75, 3.05) is 19.7 Å². The van der Waals surface area contributed by atoms with Gasteiger partial charge in [0.2, 0.25) is 0 Å². The van der Waals surface area contributed by atoms with Crippen LogP contribution in [0.15, 0.2) is 29.4 Å². The number of ether oxygens (including phenoxy) is 1. The molecule has 0 aromatic heterocycles. The van der Waals surface area contributed by atoms with Crippen LogP contribution in [0.1, 0.15) is 32.8 Å². The van der Waals surface area contributed by atoms with Crippen molar-refractivity contribution in [3.8, 4) is 5.75 Å². The van der Waals surface area contributed by atoms with E-state index in [1.165, 1.54) is 0 Å². The van der Waals surface area contributed by atoms with E-state index in [-0.39, 0.29) is 5.84 Å². The van der Waals surface area contributed by atoms with Crippen LogP contribution in [0.4, 0.5) is 0 Å². The predicted octanol–water partition coefficient (Wildman–Crippen LogP) is 2.28. The molecule has 0 bridgehead atoms. The lowest BCUT2D eigenvalue weighted by molar-refractivity contribution is 0.171. The molecule has 0 fully saturated rings. The molecular formula is C15H25N3O2. The van der Waals surface area contributed by atoms with Gasteiger partial charge >= 0.3 is 0 Å². The number of amidine groups is 1. The molecule has 0 saturated carbocycles. The van der Waals surface area contributed by atoms with Gasteiger partial charge in [-0.3, -0.25) is 4.90 Å². The Kier molecular flexibility index (Phi) is 6.87. The van der Waals surface area contributed by atoms with Crippen LogP contribution in [0.3, 0.4) is 0 Å². The Labute approximate surface area is 121 Å². The second-order valence-electron chi connectivity index (χ2n) is 4.74. The molecule has 5 nitrogen and oxygen atoms in total. The Hall–Kier alpha value is -1.75. The van der Waals surface area contributed by atoms with Crippen molar-refractivity contribution in [1.82, 2.24) is 4.90 Å². The molecule has 0 aliphatic rings. The van der Waals surface area contributed by atoms with E-state index in [4.69, 9.17) is 15.7 Å². The van der Waals surface area contributed by atoms with Gasteiger partial charge in [0, 0.05) is 18.2 Å². The summed E-state index contributed by atoms with van der Waals surface area (Å²) in [6.07, 6.45) is 1.14. The Morgan fingerprint density at radius 1 is 1.35 bits per heavy atom. The number of nitrogens with zero attached hydrogens (tertiary/aromatic N) is 2. The maximum absolute atomic E-state index is 8.59. The quantitative estimate of drug-likeness (QED) is 0.331. The van der Waals surface area contributed by atoms with Gasteiger partial charge in [-0.05, 0) is 44.2 Å². The summed E-state index contributed by atoms with van der Waals surface area (Å²) in [6, 6.07) is 7.78. The van der Waals surface area contributed by atoms with Crippen molar-refractivity contribution >= 4 is 5.84 Å². The summed E-state index contributed by atoms with van der Waals surface area (Å²) < 4.78 is 5.72. The number of nitrogens with two attached hydrogens (primary N) is 1. The zero-order chi connectivity index (χ0) is 15.0. The summed E-state index contributed by atoms with van der Waals surface area (Å²) in [5.74, 6) is 0.894. The first-order chi connectivity index (χ1) is 9.62. The third kappa shape index (κ3) is 4.74. The molecule has 3 N–H and O–H groups in total. The lowest BCUT2D eigenvalue weighted by Crippen LogP contribution is -2.35. The molecule has 0 heterocycles. The molecule has 0 aliphatic carbocycles. The second-order valence-corrected chi connectivity index (χ2v) is 4.74. The third-order valence-electron chi connectivity index (χ3n) is 3.53. The van der Waals surface area contributed by atoms with Crippen LogP contribution in [0.5, 0.6) is 5.75 Å². The number of hydrogen-bond acceptors (Lipinski definition) is 4. The van der Waals surface area contributed by atoms with Crippen LogP contribution in [-0.4, -0.2) is 41.7 Å². The Bertz CT molecular complexity index is 418. The lowest BCUT2D eigenvalue weighted by Gasteiger charge is -2.26. The first kappa shape index (κ1) is 16.3. The summed E-state index contributed by atoms with van der Waals surface area (Å²) in [5, 5.41) is 11.5. The highest BCUT2D eigenvalue weighted by Crippen LogP contribution is 2.12. The first-order valence-electron chi connectivity index (χ1n) is 7.07. The molecule has 0 spiro atoms. The highest BCUT2D eigenvalue weighted by atomic mass is 16.5. The van der Waals surface area contributed by atoms with Gasteiger partial charge in [-0.2, -0.15) is 0 Å². The molecule has 1 unspecified atom stereocenters. The molecular weight excluding hydrogens is 254 g/mol. The summed E-state index contributed by atoms with van der Waals surface area (Å²) in [7, 11) is 0. The maximum Gasteiger partial charge on any atom is 0.170 e. The summed E-state index contributed by atoms with van der Waals surface area (Å²) >= 11 is 0. The molecule has 0 amide bonds. The number of benzene rings is 1. The minimum absolute atomic E-state index is 0.102. The highest BCUT2D eigenvalue weighted by molar-refractivity contribution is 5.97. The molecule has 0 aliphatic heterocycles. The van der Waals surface area contributed by atoms with Crippen molar-refractivity contribution in [1.29, 1.82) is 0 Å². The van der Waals surface area contributed by atoms with Crippen molar-refractivity contribution < 1.29 is 9.94 Å². The summed E-state index contributed by atoms with van der Waals surface area (Å²) in [5.41, 5.74) is 6.18. The van der Waals surface area contributed by atoms with E-state index in [1.54, 1.807) is 12.1 Å². The van der Waals surface area contributed by atoms with Crippen molar-refractivity contribution in [3.63, 3.8) is 0 Å². The largest absolute Gasteiger partial charge is 0.492 e. The molecule has 1 aromatic rings.